The number of fused-ring (bicyclic) bond motifs is 1. The smallest absolute Gasteiger partial charge is 0.0290 e. The quantitative estimate of drug-likeness (QED) is 0.488. The average molecular weight is 294 g/mol. The second-order valence-corrected chi connectivity index (χ2v) is 7.52. The summed E-state index contributed by atoms with van der Waals surface area (Å²) in [6.07, 6.45) is 3.80. The van der Waals surface area contributed by atoms with E-state index in [1.165, 1.54) is 45.0 Å². The maximum absolute atomic E-state index is 2.52. The molecule has 0 radical (unpaired) electrons. The molecule has 0 heterocycles. The fourth-order valence-corrected chi connectivity index (χ4v) is 5.35. The molecule has 0 saturated heterocycles. The van der Waals surface area contributed by atoms with E-state index in [0.717, 1.165) is 0 Å². The first-order valence-electron chi connectivity index (χ1n) is 8.57. The van der Waals surface area contributed by atoms with Gasteiger partial charge in [-0.15, -0.1) is 0 Å². The molecule has 0 amide bonds. The SMILES string of the molecule is CC1=CC2CC23c2c1cccc2-c1ccc(C)c2cccc3c12. The van der Waals surface area contributed by atoms with E-state index in [2.05, 4.69) is 68.5 Å². The van der Waals surface area contributed by atoms with Crippen LogP contribution in [0.15, 0.2) is 54.6 Å². The average Bonchev–Trinajstić information content (AvgIpc) is 3.29. The molecule has 2 atom stereocenters. The maximum atomic E-state index is 2.52. The van der Waals surface area contributed by atoms with Crippen LogP contribution in [-0.2, 0) is 5.41 Å². The molecule has 0 bridgehead atoms. The van der Waals surface area contributed by atoms with E-state index >= 15 is 0 Å². The largest absolute Gasteiger partial charge is 0.0766 e. The maximum Gasteiger partial charge on any atom is 0.0290 e. The van der Waals surface area contributed by atoms with Crippen molar-refractivity contribution < 1.29 is 0 Å². The van der Waals surface area contributed by atoms with Crippen LogP contribution in [0.25, 0.3) is 27.5 Å². The van der Waals surface area contributed by atoms with Gasteiger partial charge in [-0.3, -0.25) is 0 Å². The predicted octanol–water partition coefficient (Wildman–Crippen LogP) is 5.85. The summed E-state index contributed by atoms with van der Waals surface area (Å²) >= 11 is 0. The molecule has 2 unspecified atom stereocenters. The third-order valence-electron chi connectivity index (χ3n) is 6.43. The Bertz CT molecular complexity index is 1070. The van der Waals surface area contributed by atoms with E-state index in [0.29, 0.717) is 5.92 Å². The summed E-state index contributed by atoms with van der Waals surface area (Å²) in [7, 11) is 0. The fourth-order valence-electron chi connectivity index (χ4n) is 5.35. The Morgan fingerprint density at radius 1 is 0.870 bits per heavy atom. The van der Waals surface area contributed by atoms with Crippen LogP contribution < -0.4 is 0 Å². The highest BCUT2D eigenvalue weighted by Gasteiger charge is 2.60. The zero-order valence-electron chi connectivity index (χ0n) is 13.5. The van der Waals surface area contributed by atoms with Crippen molar-refractivity contribution in [1.82, 2.24) is 0 Å². The molecule has 23 heavy (non-hydrogen) atoms. The molecule has 0 N–H and O–H groups in total. The summed E-state index contributed by atoms with van der Waals surface area (Å²) in [4.78, 5) is 0. The second kappa shape index (κ2) is 3.59. The summed E-state index contributed by atoms with van der Waals surface area (Å²) in [5, 5.41) is 2.94. The third kappa shape index (κ3) is 1.19. The lowest BCUT2D eigenvalue weighted by Gasteiger charge is -2.34. The van der Waals surface area contributed by atoms with Gasteiger partial charge in [0.1, 0.15) is 0 Å². The van der Waals surface area contributed by atoms with Crippen LogP contribution in [0.4, 0.5) is 0 Å². The molecule has 110 valence electrons. The summed E-state index contributed by atoms with van der Waals surface area (Å²) in [6, 6.07) is 18.5. The zero-order valence-corrected chi connectivity index (χ0v) is 13.5. The summed E-state index contributed by atoms with van der Waals surface area (Å²) in [5.41, 5.74) is 10.7. The van der Waals surface area contributed by atoms with Crippen molar-refractivity contribution in [1.29, 1.82) is 0 Å². The third-order valence-corrected chi connectivity index (χ3v) is 6.43. The number of hydrogen-bond donors (Lipinski definition) is 0. The summed E-state index contributed by atoms with van der Waals surface area (Å²) in [5.74, 6) is 0.690. The van der Waals surface area contributed by atoms with Crippen LogP contribution in [0.2, 0.25) is 0 Å². The van der Waals surface area contributed by atoms with Gasteiger partial charge in [-0.05, 0) is 75.9 Å². The van der Waals surface area contributed by atoms with Gasteiger partial charge >= 0.3 is 0 Å². The van der Waals surface area contributed by atoms with Gasteiger partial charge in [-0.1, -0.05) is 54.6 Å². The monoisotopic (exact) mass is 294 g/mol. The topological polar surface area (TPSA) is 0 Å². The molecule has 0 aromatic heterocycles. The molecule has 1 fully saturated rings. The minimum absolute atomic E-state index is 0.256. The number of rotatable bonds is 0. The number of allylic oxidation sites excluding steroid dienone is 2. The Morgan fingerprint density at radius 2 is 1.70 bits per heavy atom. The zero-order chi connectivity index (χ0) is 15.3. The van der Waals surface area contributed by atoms with Gasteiger partial charge in [0.15, 0.2) is 0 Å². The normalized spacial score (nSPS) is 25.7. The van der Waals surface area contributed by atoms with E-state index in [9.17, 15) is 0 Å². The molecule has 6 rings (SSSR count). The Kier molecular flexibility index (Phi) is 1.89. The molecule has 0 heteroatoms. The van der Waals surface area contributed by atoms with Crippen molar-refractivity contribution in [3.05, 3.63) is 76.9 Å². The number of hydrogen-bond acceptors (Lipinski definition) is 0. The molecule has 3 aromatic carbocycles. The molecular formula is C23H18. The molecule has 3 aromatic rings. The van der Waals surface area contributed by atoms with Crippen molar-refractivity contribution >= 4 is 16.3 Å². The summed E-state index contributed by atoms with van der Waals surface area (Å²) < 4.78 is 0. The standard InChI is InChI=1S/C23H18/c1-13-9-10-18-19-7-3-6-17-14(2)11-15-12-23(15,22(17)19)20-8-4-5-16(13)21(18)20/h3-11,15H,12H2,1-2H3. The van der Waals surface area contributed by atoms with Crippen LogP contribution in [0, 0.1) is 12.8 Å². The van der Waals surface area contributed by atoms with Crippen LogP contribution in [-0.4, -0.2) is 0 Å². The Labute approximate surface area is 136 Å². The molecule has 1 spiro atoms. The fraction of sp³-hybridized carbons (Fsp3) is 0.217. The van der Waals surface area contributed by atoms with Gasteiger partial charge in [-0.2, -0.15) is 0 Å². The second-order valence-electron chi connectivity index (χ2n) is 7.52. The van der Waals surface area contributed by atoms with E-state index < -0.39 is 0 Å². The Balaban J connectivity index is 1.89. The van der Waals surface area contributed by atoms with Crippen LogP contribution >= 0.6 is 0 Å². The minimum atomic E-state index is 0.256. The highest BCUT2D eigenvalue weighted by molar-refractivity contribution is 6.06. The molecule has 3 aliphatic carbocycles. The lowest BCUT2D eigenvalue weighted by Crippen LogP contribution is -2.22. The van der Waals surface area contributed by atoms with Crippen molar-refractivity contribution in [3.63, 3.8) is 0 Å². The van der Waals surface area contributed by atoms with Crippen molar-refractivity contribution in [2.45, 2.75) is 25.7 Å². The number of aryl methyl sites for hydroxylation is 1. The van der Waals surface area contributed by atoms with E-state index in [1.807, 2.05) is 0 Å². The molecule has 3 aliphatic rings. The predicted molar refractivity (Wildman–Crippen MR) is 96.7 cm³/mol. The van der Waals surface area contributed by atoms with Gasteiger partial charge in [0.05, 0.1) is 0 Å². The molecule has 1 saturated carbocycles. The minimum Gasteiger partial charge on any atom is -0.0766 e. The first-order chi connectivity index (χ1) is 11.2. The first kappa shape index (κ1) is 12.1. The van der Waals surface area contributed by atoms with Crippen molar-refractivity contribution in [2.24, 2.45) is 5.92 Å². The highest BCUT2D eigenvalue weighted by atomic mass is 14.6. The Hall–Kier alpha value is -2.34. The van der Waals surface area contributed by atoms with Gasteiger partial charge in [0.25, 0.3) is 0 Å². The molecular weight excluding hydrogens is 276 g/mol. The van der Waals surface area contributed by atoms with Gasteiger partial charge in [0, 0.05) is 5.41 Å². The van der Waals surface area contributed by atoms with Crippen molar-refractivity contribution in [2.75, 3.05) is 0 Å². The van der Waals surface area contributed by atoms with E-state index in [1.54, 1.807) is 11.1 Å². The lowest BCUT2D eigenvalue weighted by atomic mass is 9.69. The first-order valence-corrected chi connectivity index (χ1v) is 8.57. The van der Waals surface area contributed by atoms with Gasteiger partial charge in [-0.25, -0.2) is 0 Å². The summed E-state index contributed by atoms with van der Waals surface area (Å²) in [6.45, 7) is 4.52. The van der Waals surface area contributed by atoms with Crippen LogP contribution in [0.3, 0.4) is 0 Å². The van der Waals surface area contributed by atoms with Gasteiger partial charge in [0.2, 0.25) is 0 Å². The molecule has 0 aliphatic heterocycles. The lowest BCUT2D eigenvalue weighted by molar-refractivity contribution is 0.781. The highest BCUT2D eigenvalue weighted by Crippen LogP contribution is 2.68. The van der Waals surface area contributed by atoms with E-state index in [-0.39, 0.29) is 5.41 Å². The van der Waals surface area contributed by atoms with E-state index in [4.69, 9.17) is 0 Å². The Morgan fingerprint density at radius 3 is 2.61 bits per heavy atom. The van der Waals surface area contributed by atoms with Crippen molar-refractivity contribution in [3.8, 4) is 11.1 Å². The van der Waals surface area contributed by atoms with Crippen LogP contribution in [0.5, 0.6) is 0 Å². The number of benzene rings is 3. The van der Waals surface area contributed by atoms with Crippen LogP contribution in [0.1, 0.15) is 35.6 Å². The van der Waals surface area contributed by atoms with Gasteiger partial charge < -0.3 is 0 Å². The molecule has 0 nitrogen and oxygen atoms in total.